The zero-order chi connectivity index (χ0) is 11.3. The Labute approximate surface area is 88.2 Å². The largest absolute Gasteiger partial charge is 0.480 e. The molecule has 0 radical (unpaired) electrons. The molecule has 6 heteroatoms. The minimum atomic E-state index is -0.917. The summed E-state index contributed by atoms with van der Waals surface area (Å²) < 4.78 is 10.1. The minimum Gasteiger partial charge on any atom is -0.480 e. The van der Waals surface area contributed by atoms with Crippen molar-refractivity contribution in [3.8, 4) is 0 Å². The Kier molecular flexibility index (Phi) is 4.97. The van der Waals surface area contributed by atoms with E-state index in [0.717, 1.165) is 0 Å². The SMILES string of the molecule is COCO[C@@H]1C[C@H](CO)N[C@H](C(=O)O)C1. The van der Waals surface area contributed by atoms with Gasteiger partial charge < -0.3 is 19.7 Å². The molecule has 88 valence electrons. The molecule has 0 amide bonds. The van der Waals surface area contributed by atoms with Crippen LogP contribution < -0.4 is 5.32 Å². The predicted octanol–water partition coefficient (Wildman–Crippen LogP) is -0.827. The number of piperidine rings is 1. The summed E-state index contributed by atoms with van der Waals surface area (Å²) in [7, 11) is 1.51. The Bertz CT molecular complexity index is 211. The molecule has 1 rings (SSSR count). The number of aliphatic hydroxyl groups excluding tert-OH is 1. The second-order valence-electron chi connectivity index (χ2n) is 3.60. The van der Waals surface area contributed by atoms with Crippen LogP contribution in [0.15, 0.2) is 0 Å². The minimum absolute atomic E-state index is 0.0867. The molecule has 3 atom stereocenters. The first-order valence-electron chi connectivity index (χ1n) is 4.87. The summed E-state index contributed by atoms with van der Waals surface area (Å²) in [5, 5.41) is 20.7. The van der Waals surface area contributed by atoms with Gasteiger partial charge in [0.15, 0.2) is 0 Å². The summed E-state index contributed by atoms with van der Waals surface area (Å²) in [5.74, 6) is -0.917. The van der Waals surface area contributed by atoms with Crippen molar-refractivity contribution in [3.63, 3.8) is 0 Å². The Morgan fingerprint density at radius 3 is 2.80 bits per heavy atom. The van der Waals surface area contributed by atoms with Crippen molar-refractivity contribution in [3.05, 3.63) is 0 Å². The van der Waals surface area contributed by atoms with Crippen molar-refractivity contribution < 1.29 is 24.5 Å². The predicted molar refractivity (Wildman–Crippen MR) is 51.4 cm³/mol. The number of aliphatic hydroxyl groups is 1. The zero-order valence-corrected chi connectivity index (χ0v) is 8.68. The lowest BCUT2D eigenvalue weighted by molar-refractivity contribution is -0.145. The molecule has 1 saturated heterocycles. The van der Waals surface area contributed by atoms with Crippen molar-refractivity contribution in [2.75, 3.05) is 20.5 Å². The molecule has 0 aromatic rings. The van der Waals surface area contributed by atoms with Crippen molar-refractivity contribution in [1.82, 2.24) is 5.32 Å². The lowest BCUT2D eigenvalue weighted by Gasteiger charge is -2.33. The van der Waals surface area contributed by atoms with Crippen LogP contribution in [0.5, 0.6) is 0 Å². The fourth-order valence-electron chi connectivity index (χ4n) is 1.70. The third-order valence-electron chi connectivity index (χ3n) is 2.42. The van der Waals surface area contributed by atoms with Crippen LogP contribution >= 0.6 is 0 Å². The van der Waals surface area contributed by atoms with Crippen LogP contribution in [-0.4, -0.2) is 54.9 Å². The van der Waals surface area contributed by atoms with Crippen molar-refractivity contribution in [1.29, 1.82) is 0 Å². The molecular weight excluding hydrogens is 202 g/mol. The summed E-state index contributed by atoms with van der Waals surface area (Å²) in [6, 6.07) is -0.875. The first-order valence-corrected chi connectivity index (χ1v) is 4.87. The van der Waals surface area contributed by atoms with E-state index in [2.05, 4.69) is 5.32 Å². The maximum absolute atomic E-state index is 10.8. The molecule has 0 bridgehead atoms. The Balaban J connectivity index is 2.47. The van der Waals surface area contributed by atoms with Crippen LogP contribution in [0, 0.1) is 0 Å². The molecule has 3 N–H and O–H groups in total. The number of carboxylic acid groups (broad SMARTS) is 1. The van der Waals surface area contributed by atoms with Gasteiger partial charge in [0.05, 0.1) is 12.7 Å². The average molecular weight is 219 g/mol. The van der Waals surface area contributed by atoms with Crippen LogP contribution in [0.1, 0.15) is 12.8 Å². The molecule has 1 aliphatic rings. The van der Waals surface area contributed by atoms with Gasteiger partial charge in [0, 0.05) is 13.2 Å². The summed E-state index contributed by atoms with van der Waals surface area (Å²) >= 11 is 0. The number of hydrogen-bond acceptors (Lipinski definition) is 5. The second-order valence-corrected chi connectivity index (χ2v) is 3.60. The number of ether oxygens (including phenoxy) is 2. The highest BCUT2D eigenvalue weighted by atomic mass is 16.7. The van der Waals surface area contributed by atoms with Gasteiger partial charge in [-0.2, -0.15) is 0 Å². The number of carboxylic acids is 1. The molecular formula is C9H17NO5. The Morgan fingerprint density at radius 1 is 1.53 bits per heavy atom. The number of aliphatic carboxylic acids is 1. The summed E-state index contributed by atoms with van der Waals surface area (Å²) in [6.45, 7) is 0.0613. The maximum atomic E-state index is 10.8. The normalized spacial score (nSPS) is 31.5. The standard InChI is InChI=1S/C9H17NO5/c1-14-5-15-7-2-6(4-11)10-8(3-7)9(12)13/h6-8,10-11H,2-5H2,1H3,(H,12,13)/t6-,7-,8+/m1/s1. The molecule has 0 unspecified atom stereocenters. The third kappa shape index (κ3) is 3.75. The smallest absolute Gasteiger partial charge is 0.320 e. The van der Waals surface area contributed by atoms with E-state index in [1.54, 1.807) is 0 Å². The number of carbonyl (C=O) groups is 1. The highest BCUT2D eigenvalue weighted by Gasteiger charge is 2.32. The van der Waals surface area contributed by atoms with Crippen LogP contribution in [-0.2, 0) is 14.3 Å². The third-order valence-corrected chi connectivity index (χ3v) is 2.42. The molecule has 1 heterocycles. The first kappa shape index (κ1) is 12.4. The van der Waals surface area contributed by atoms with Gasteiger partial charge in [0.2, 0.25) is 0 Å². The summed E-state index contributed by atoms with van der Waals surface area (Å²) in [4.78, 5) is 10.8. The van der Waals surface area contributed by atoms with Gasteiger partial charge >= 0.3 is 5.97 Å². The van der Waals surface area contributed by atoms with E-state index in [-0.39, 0.29) is 25.5 Å². The fraction of sp³-hybridized carbons (Fsp3) is 0.889. The van der Waals surface area contributed by atoms with E-state index in [0.29, 0.717) is 12.8 Å². The van der Waals surface area contributed by atoms with Gasteiger partial charge in [-0.1, -0.05) is 0 Å². The molecule has 0 saturated carbocycles. The molecule has 1 fully saturated rings. The molecule has 1 aliphatic heterocycles. The molecule has 0 spiro atoms. The van der Waals surface area contributed by atoms with Crippen LogP contribution in [0.3, 0.4) is 0 Å². The summed E-state index contributed by atoms with van der Waals surface area (Å²) in [5.41, 5.74) is 0. The number of methoxy groups -OCH3 is 1. The molecule has 6 nitrogen and oxygen atoms in total. The van der Waals surface area contributed by atoms with E-state index in [9.17, 15) is 4.79 Å². The quantitative estimate of drug-likeness (QED) is 0.523. The molecule has 0 aliphatic carbocycles. The fourth-order valence-corrected chi connectivity index (χ4v) is 1.70. The van der Waals surface area contributed by atoms with E-state index in [4.69, 9.17) is 19.7 Å². The average Bonchev–Trinajstić information content (AvgIpc) is 2.25. The van der Waals surface area contributed by atoms with Gasteiger partial charge in [-0.3, -0.25) is 10.1 Å². The second kappa shape index (κ2) is 6.02. The topological polar surface area (TPSA) is 88.0 Å². The highest BCUT2D eigenvalue weighted by molar-refractivity contribution is 5.73. The first-order chi connectivity index (χ1) is 7.17. The number of hydrogen-bond donors (Lipinski definition) is 3. The van der Waals surface area contributed by atoms with Gasteiger partial charge in [0.25, 0.3) is 0 Å². The molecule has 0 aromatic carbocycles. The van der Waals surface area contributed by atoms with Crippen molar-refractivity contribution in [2.45, 2.75) is 31.0 Å². The maximum Gasteiger partial charge on any atom is 0.320 e. The van der Waals surface area contributed by atoms with E-state index in [1.807, 2.05) is 0 Å². The van der Waals surface area contributed by atoms with E-state index in [1.165, 1.54) is 7.11 Å². The van der Waals surface area contributed by atoms with Crippen LogP contribution in [0.2, 0.25) is 0 Å². The van der Waals surface area contributed by atoms with Gasteiger partial charge in [-0.15, -0.1) is 0 Å². The van der Waals surface area contributed by atoms with Crippen molar-refractivity contribution in [2.24, 2.45) is 0 Å². The van der Waals surface area contributed by atoms with E-state index < -0.39 is 12.0 Å². The Hall–Kier alpha value is -0.690. The number of nitrogens with one attached hydrogen (secondary N) is 1. The van der Waals surface area contributed by atoms with Gasteiger partial charge in [0.1, 0.15) is 12.8 Å². The Morgan fingerprint density at radius 2 is 2.27 bits per heavy atom. The lowest BCUT2D eigenvalue weighted by Crippen LogP contribution is -2.53. The van der Waals surface area contributed by atoms with Gasteiger partial charge in [-0.05, 0) is 12.8 Å². The van der Waals surface area contributed by atoms with Crippen LogP contribution in [0.25, 0.3) is 0 Å². The van der Waals surface area contributed by atoms with E-state index >= 15 is 0 Å². The zero-order valence-electron chi connectivity index (χ0n) is 8.68. The lowest BCUT2D eigenvalue weighted by atomic mass is 9.96. The highest BCUT2D eigenvalue weighted by Crippen LogP contribution is 2.17. The number of rotatable bonds is 5. The molecule has 15 heavy (non-hydrogen) atoms. The van der Waals surface area contributed by atoms with Crippen LogP contribution in [0.4, 0.5) is 0 Å². The monoisotopic (exact) mass is 219 g/mol. The molecule has 0 aromatic heterocycles. The van der Waals surface area contributed by atoms with Gasteiger partial charge in [-0.25, -0.2) is 0 Å². The van der Waals surface area contributed by atoms with Crippen molar-refractivity contribution >= 4 is 5.97 Å². The summed E-state index contributed by atoms with van der Waals surface area (Å²) in [6.07, 6.45) is 0.822.